The first-order chi connectivity index (χ1) is 8.05. The standard InChI is InChI=1S/C8H17.2Ni.3HO2P/c1-4-6-7-8(3)5-2;;;3*1-3-2/h8H,3-7H2,1-2H3;;;3*(H,1,2)/q-1;2*+2;;;. The molecule has 0 aromatic heterocycles. The van der Waals surface area contributed by atoms with Crippen molar-refractivity contribution in [2.75, 3.05) is 0 Å². The van der Waals surface area contributed by atoms with Crippen LogP contribution >= 0.6 is 26.1 Å². The van der Waals surface area contributed by atoms with Crippen LogP contribution in [0, 0.1) is 12.8 Å². The summed E-state index contributed by atoms with van der Waals surface area (Å²) in [5.41, 5.74) is 0. The Hall–Kier alpha value is 1.17. The van der Waals surface area contributed by atoms with Crippen molar-refractivity contribution in [3.05, 3.63) is 6.92 Å². The Balaban J connectivity index is -0.0000000329. The first-order valence-corrected chi connectivity index (χ1v) is 7.08. The van der Waals surface area contributed by atoms with Gasteiger partial charge in [0.25, 0.3) is 0 Å². The van der Waals surface area contributed by atoms with Crippen LogP contribution in [0.2, 0.25) is 0 Å². The minimum atomic E-state index is -0.833. The number of hydrogen-bond donors (Lipinski definition) is 3. The van der Waals surface area contributed by atoms with Gasteiger partial charge in [-0.2, -0.15) is 5.92 Å². The summed E-state index contributed by atoms with van der Waals surface area (Å²) in [5.74, 6) is 0.704. The van der Waals surface area contributed by atoms with E-state index in [0.717, 1.165) is 0 Å². The van der Waals surface area contributed by atoms with Gasteiger partial charge >= 0.3 is 59.0 Å². The van der Waals surface area contributed by atoms with E-state index < -0.39 is 26.1 Å². The molecule has 3 N–H and O–H groups in total. The molecule has 0 bridgehead atoms. The molecule has 0 aromatic carbocycles. The fraction of sp³-hybridized carbons (Fsp3) is 0.875. The van der Waals surface area contributed by atoms with Crippen LogP contribution in [-0.4, -0.2) is 14.7 Å². The van der Waals surface area contributed by atoms with Gasteiger partial charge in [0.15, 0.2) is 0 Å². The summed E-state index contributed by atoms with van der Waals surface area (Å²) in [5, 5.41) is 0. The van der Waals surface area contributed by atoms with E-state index in [9.17, 15) is 0 Å². The van der Waals surface area contributed by atoms with E-state index in [4.69, 9.17) is 28.4 Å². The van der Waals surface area contributed by atoms with E-state index in [1.165, 1.54) is 25.7 Å². The molecular formula is C8H20Ni2O6P3+3. The van der Waals surface area contributed by atoms with Gasteiger partial charge in [0, 0.05) is 0 Å². The Morgan fingerprint density at radius 2 is 1.21 bits per heavy atom. The monoisotopic (exact) mass is 421 g/mol. The van der Waals surface area contributed by atoms with Gasteiger partial charge in [-0.05, 0) is 0 Å². The third kappa shape index (κ3) is 110. The van der Waals surface area contributed by atoms with E-state index >= 15 is 0 Å². The summed E-state index contributed by atoms with van der Waals surface area (Å²) in [4.78, 5) is 21.0. The van der Waals surface area contributed by atoms with Gasteiger partial charge in [-0.3, -0.25) is 0 Å². The predicted molar refractivity (Wildman–Crippen MR) is 68.1 cm³/mol. The molecule has 0 aliphatic rings. The normalized spacial score (nSPS) is 9.16. The van der Waals surface area contributed by atoms with Gasteiger partial charge in [-0.25, -0.2) is 13.7 Å². The fourth-order valence-corrected chi connectivity index (χ4v) is 0.697. The van der Waals surface area contributed by atoms with Crippen LogP contribution in [0.1, 0.15) is 39.5 Å². The van der Waals surface area contributed by atoms with E-state index in [0.29, 0.717) is 5.92 Å². The second-order valence-corrected chi connectivity index (χ2v) is 3.15. The molecule has 0 saturated heterocycles. The molecule has 120 valence electrons. The predicted octanol–water partition coefficient (Wildman–Crippen LogP) is 3.59. The summed E-state index contributed by atoms with van der Waals surface area (Å²) < 4.78 is 25.4. The Kier molecular flexibility index (Phi) is 98.6. The van der Waals surface area contributed by atoms with Crippen LogP contribution in [0.3, 0.4) is 0 Å². The fourth-order valence-electron chi connectivity index (χ4n) is 0.697. The molecule has 0 saturated carbocycles. The Bertz CT molecular complexity index is 142. The molecule has 0 heterocycles. The largest absolute Gasteiger partial charge is 2.00 e. The maximum Gasteiger partial charge on any atom is 2.00 e. The molecule has 11 heteroatoms. The van der Waals surface area contributed by atoms with Crippen LogP contribution < -0.4 is 0 Å². The van der Waals surface area contributed by atoms with E-state index in [-0.39, 0.29) is 33.0 Å². The molecule has 1 unspecified atom stereocenters. The van der Waals surface area contributed by atoms with Crippen molar-refractivity contribution in [3.63, 3.8) is 0 Å². The summed E-state index contributed by atoms with van der Waals surface area (Å²) in [7, 11) is -2.50. The zero-order valence-corrected chi connectivity index (χ0v) is 15.3. The quantitative estimate of drug-likeness (QED) is 0.363. The third-order valence-electron chi connectivity index (χ3n) is 1.54. The van der Waals surface area contributed by atoms with Crippen LogP contribution in [0.4, 0.5) is 0 Å². The third-order valence-corrected chi connectivity index (χ3v) is 1.54. The Morgan fingerprint density at radius 3 is 1.37 bits per heavy atom. The van der Waals surface area contributed by atoms with Gasteiger partial charge in [0.1, 0.15) is 0 Å². The number of hydrogen-bond acceptors (Lipinski definition) is 3. The minimum Gasteiger partial charge on any atom is -0.340 e. The molecule has 19 heavy (non-hydrogen) atoms. The van der Waals surface area contributed by atoms with Crippen molar-refractivity contribution in [3.8, 4) is 0 Å². The molecule has 0 aliphatic heterocycles. The molecule has 0 radical (unpaired) electrons. The van der Waals surface area contributed by atoms with Crippen molar-refractivity contribution < 1.29 is 61.4 Å². The van der Waals surface area contributed by atoms with Crippen molar-refractivity contribution in [2.24, 2.45) is 5.92 Å². The average molecular weight is 423 g/mol. The zero-order valence-electron chi connectivity index (χ0n) is 10.7. The van der Waals surface area contributed by atoms with Crippen LogP contribution in [0.15, 0.2) is 0 Å². The van der Waals surface area contributed by atoms with Crippen LogP contribution in [0.25, 0.3) is 0 Å². The van der Waals surface area contributed by atoms with Gasteiger partial charge in [-0.15, -0.1) is 0 Å². The molecule has 0 aromatic rings. The molecule has 0 amide bonds. The minimum absolute atomic E-state index is 0. The molecular weight excluding hydrogens is 402 g/mol. The molecule has 6 nitrogen and oxygen atoms in total. The number of unbranched alkanes of at least 4 members (excludes halogenated alkanes) is 1. The smallest absolute Gasteiger partial charge is 0.340 e. The Labute approximate surface area is 139 Å². The second kappa shape index (κ2) is 50.7. The van der Waals surface area contributed by atoms with Crippen molar-refractivity contribution in [1.29, 1.82) is 0 Å². The second-order valence-electron chi connectivity index (χ2n) is 2.66. The van der Waals surface area contributed by atoms with Crippen molar-refractivity contribution >= 4 is 26.1 Å². The van der Waals surface area contributed by atoms with Gasteiger partial charge in [-0.1, -0.05) is 39.5 Å². The van der Waals surface area contributed by atoms with Crippen molar-refractivity contribution in [1.82, 2.24) is 0 Å². The van der Waals surface area contributed by atoms with Gasteiger partial charge < -0.3 is 21.6 Å². The van der Waals surface area contributed by atoms with Crippen LogP contribution in [-0.2, 0) is 46.7 Å². The first kappa shape index (κ1) is 36.9. The summed E-state index contributed by atoms with van der Waals surface area (Å²) in [6.07, 6.45) is 5.21. The zero-order chi connectivity index (χ0) is 14.5. The summed E-state index contributed by atoms with van der Waals surface area (Å²) in [6.45, 7) is 8.42. The first-order valence-electron chi connectivity index (χ1n) is 4.79. The van der Waals surface area contributed by atoms with Gasteiger partial charge in [0.05, 0.1) is 0 Å². The summed E-state index contributed by atoms with van der Waals surface area (Å²) >= 11 is 0. The van der Waals surface area contributed by atoms with E-state index in [1.54, 1.807) is 0 Å². The van der Waals surface area contributed by atoms with E-state index in [1.807, 2.05) is 0 Å². The maximum atomic E-state index is 8.46. The summed E-state index contributed by atoms with van der Waals surface area (Å²) in [6, 6.07) is 0. The molecule has 0 rings (SSSR count). The topological polar surface area (TPSA) is 112 Å². The van der Waals surface area contributed by atoms with Crippen LogP contribution in [0.5, 0.6) is 0 Å². The average Bonchev–Trinajstić information content (AvgIpc) is 2.29. The van der Waals surface area contributed by atoms with Crippen molar-refractivity contribution in [2.45, 2.75) is 39.5 Å². The van der Waals surface area contributed by atoms with Gasteiger partial charge in [0.2, 0.25) is 0 Å². The molecule has 1 atom stereocenters. The SMILES string of the molecule is O=PO.O=PO.O=PO.[CH2-]C(CC)CCCC.[Ni+2].[Ni+2]. The number of rotatable bonds is 4. The molecule has 0 spiro atoms. The molecule has 0 fully saturated rings. The Morgan fingerprint density at radius 1 is 0.947 bits per heavy atom. The molecule has 0 aliphatic carbocycles. The van der Waals surface area contributed by atoms with E-state index in [2.05, 4.69) is 20.8 Å². The maximum absolute atomic E-state index is 8.46.